The average molecular weight is 390 g/mol. The Hall–Kier alpha value is -2.61. The number of ether oxygens (including phenoxy) is 5. The van der Waals surface area contributed by atoms with E-state index in [9.17, 15) is 4.79 Å². The molecule has 0 unspecified atom stereocenters. The van der Waals surface area contributed by atoms with Crippen molar-refractivity contribution in [2.45, 2.75) is 6.61 Å². The molecule has 1 N–H and O–H groups in total. The van der Waals surface area contributed by atoms with Crippen LogP contribution in [0, 0.1) is 0 Å². The van der Waals surface area contributed by atoms with Crippen molar-refractivity contribution in [3.63, 3.8) is 0 Å². The molecule has 0 aliphatic rings. The number of carboxylic acids is 1. The number of carbonyl (C=O) groups is 1. The van der Waals surface area contributed by atoms with Crippen LogP contribution in [0.1, 0.15) is 15.9 Å². The highest BCUT2D eigenvalue weighted by Gasteiger charge is 2.03. The van der Waals surface area contributed by atoms with Crippen molar-refractivity contribution in [1.29, 1.82) is 0 Å². The molecule has 0 aliphatic heterocycles. The van der Waals surface area contributed by atoms with Crippen LogP contribution in [0.15, 0.2) is 48.5 Å². The normalized spacial score (nSPS) is 10.6. The summed E-state index contributed by atoms with van der Waals surface area (Å²) in [5.41, 5.74) is 1.22. The van der Waals surface area contributed by atoms with Gasteiger partial charge in [0.1, 0.15) is 24.7 Å². The predicted octanol–water partition coefficient (Wildman–Crippen LogP) is 3.02. The van der Waals surface area contributed by atoms with Crippen LogP contribution in [0.2, 0.25) is 0 Å². The first-order valence-electron chi connectivity index (χ1n) is 9.01. The zero-order valence-corrected chi connectivity index (χ0v) is 16.0. The predicted molar refractivity (Wildman–Crippen MR) is 103 cm³/mol. The number of aromatic carboxylic acids is 1. The minimum absolute atomic E-state index is 0.233. The molecule has 28 heavy (non-hydrogen) atoms. The van der Waals surface area contributed by atoms with Crippen molar-refractivity contribution >= 4 is 5.97 Å². The minimum atomic E-state index is -0.956. The van der Waals surface area contributed by atoms with Crippen molar-refractivity contribution in [2.75, 3.05) is 46.8 Å². The van der Waals surface area contributed by atoms with Gasteiger partial charge in [0.05, 0.1) is 38.6 Å². The van der Waals surface area contributed by atoms with E-state index in [0.29, 0.717) is 52.0 Å². The molecule has 0 bridgehead atoms. The molecule has 152 valence electrons. The van der Waals surface area contributed by atoms with Gasteiger partial charge in [-0.15, -0.1) is 0 Å². The Labute approximate surface area is 164 Å². The Bertz CT molecular complexity index is 683. The molecule has 2 aromatic rings. The van der Waals surface area contributed by atoms with Gasteiger partial charge in [-0.1, -0.05) is 12.1 Å². The zero-order chi connectivity index (χ0) is 20.0. The summed E-state index contributed by atoms with van der Waals surface area (Å²) in [4.78, 5) is 10.8. The molecule has 0 saturated heterocycles. The van der Waals surface area contributed by atoms with E-state index in [-0.39, 0.29) is 5.56 Å². The van der Waals surface area contributed by atoms with Crippen molar-refractivity contribution in [2.24, 2.45) is 0 Å². The SMILES string of the molecule is COCCOCCOCCOc1ccc(COc2ccc(C(=O)O)cc2)cc1. The lowest BCUT2D eigenvalue weighted by Gasteiger charge is -2.09. The molecular weight excluding hydrogens is 364 g/mol. The molecule has 7 nitrogen and oxygen atoms in total. The van der Waals surface area contributed by atoms with Gasteiger partial charge in [0, 0.05) is 7.11 Å². The molecule has 0 fully saturated rings. The van der Waals surface area contributed by atoms with Gasteiger partial charge < -0.3 is 28.8 Å². The second-order valence-electron chi connectivity index (χ2n) is 5.83. The molecule has 0 spiro atoms. The van der Waals surface area contributed by atoms with E-state index < -0.39 is 5.97 Å². The number of hydrogen-bond acceptors (Lipinski definition) is 6. The highest BCUT2D eigenvalue weighted by Crippen LogP contribution is 2.16. The van der Waals surface area contributed by atoms with E-state index in [4.69, 9.17) is 28.8 Å². The molecule has 0 aromatic heterocycles. The first-order valence-corrected chi connectivity index (χ1v) is 9.01. The average Bonchev–Trinajstić information content (AvgIpc) is 2.72. The van der Waals surface area contributed by atoms with Crippen LogP contribution in [-0.2, 0) is 20.8 Å². The first kappa shape index (κ1) is 21.7. The van der Waals surface area contributed by atoms with Gasteiger partial charge in [-0.3, -0.25) is 0 Å². The number of methoxy groups -OCH3 is 1. The summed E-state index contributed by atoms with van der Waals surface area (Å²) in [6, 6.07) is 13.9. The van der Waals surface area contributed by atoms with E-state index in [1.165, 1.54) is 12.1 Å². The van der Waals surface area contributed by atoms with Crippen LogP contribution in [0.5, 0.6) is 11.5 Å². The Balaban J connectivity index is 1.60. The Morgan fingerprint density at radius 2 is 1.29 bits per heavy atom. The maximum atomic E-state index is 10.8. The Kier molecular flexibility index (Phi) is 9.85. The molecule has 0 atom stereocenters. The lowest BCUT2D eigenvalue weighted by Crippen LogP contribution is -2.12. The Morgan fingerprint density at radius 1 is 0.750 bits per heavy atom. The van der Waals surface area contributed by atoms with Crippen LogP contribution >= 0.6 is 0 Å². The quantitative estimate of drug-likeness (QED) is 0.497. The fourth-order valence-corrected chi connectivity index (χ4v) is 2.22. The van der Waals surface area contributed by atoms with Crippen molar-refractivity contribution in [1.82, 2.24) is 0 Å². The van der Waals surface area contributed by atoms with Gasteiger partial charge in [-0.05, 0) is 42.0 Å². The van der Waals surface area contributed by atoms with Gasteiger partial charge in [-0.2, -0.15) is 0 Å². The van der Waals surface area contributed by atoms with Crippen molar-refractivity contribution in [3.8, 4) is 11.5 Å². The topological polar surface area (TPSA) is 83.5 Å². The number of rotatable bonds is 14. The molecular formula is C21H26O7. The zero-order valence-electron chi connectivity index (χ0n) is 16.0. The summed E-state index contributed by atoms with van der Waals surface area (Å²) >= 11 is 0. The monoisotopic (exact) mass is 390 g/mol. The lowest BCUT2D eigenvalue weighted by atomic mass is 10.2. The van der Waals surface area contributed by atoms with Crippen LogP contribution in [0.25, 0.3) is 0 Å². The summed E-state index contributed by atoms with van der Waals surface area (Å²) in [6.45, 7) is 3.56. The van der Waals surface area contributed by atoms with E-state index in [1.54, 1.807) is 19.2 Å². The molecule has 2 aromatic carbocycles. The van der Waals surface area contributed by atoms with Crippen LogP contribution < -0.4 is 9.47 Å². The summed E-state index contributed by atoms with van der Waals surface area (Å²) in [7, 11) is 1.64. The van der Waals surface area contributed by atoms with Gasteiger partial charge in [-0.25, -0.2) is 4.79 Å². The highest BCUT2D eigenvalue weighted by atomic mass is 16.6. The minimum Gasteiger partial charge on any atom is -0.491 e. The van der Waals surface area contributed by atoms with E-state index in [1.807, 2.05) is 24.3 Å². The second kappa shape index (κ2) is 12.7. The standard InChI is InChI=1S/C21H26O7/c1-24-10-11-25-12-13-26-14-15-27-19-6-2-17(3-7-19)16-28-20-8-4-18(5-9-20)21(22)23/h2-9H,10-16H2,1H3,(H,22,23). The highest BCUT2D eigenvalue weighted by molar-refractivity contribution is 5.87. The third-order valence-corrected chi connectivity index (χ3v) is 3.73. The smallest absolute Gasteiger partial charge is 0.335 e. The molecule has 0 heterocycles. The summed E-state index contributed by atoms with van der Waals surface area (Å²) in [5, 5.41) is 8.88. The molecule has 0 amide bonds. The lowest BCUT2D eigenvalue weighted by molar-refractivity contribution is 0.0180. The number of hydrogen-bond donors (Lipinski definition) is 1. The van der Waals surface area contributed by atoms with Gasteiger partial charge in [0.15, 0.2) is 0 Å². The van der Waals surface area contributed by atoms with Crippen LogP contribution in [0.3, 0.4) is 0 Å². The third-order valence-electron chi connectivity index (χ3n) is 3.73. The number of benzene rings is 2. The van der Waals surface area contributed by atoms with Crippen molar-refractivity contribution in [3.05, 3.63) is 59.7 Å². The van der Waals surface area contributed by atoms with E-state index in [2.05, 4.69) is 0 Å². The van der Waals surface area contributed by atoms with E-state index >= 15 is 0 Å². The molecule has 0 saturated carbocycles. The van der Waals surface area contributed by atoms with Crippen LogP contribution in [-0.4, -0.2) is 57.8 Å². The largest absolute Gasteiger partial charge is 0.491 e. The van der Waals surface area contributed by atoms with E-state index in [0.717, 1.165) is 11.3 Å². The summed E-state index contributed by atoms with van der Waals surface area (Å²) in [5.74, 6) is 0.422. The number of carboxylic acid groups (broad SMARTS) is 1. The third kappa shape index (κ3) is 8.39. The van der Waals surface area contributed by atoms with Gasteiger partial charge >= 0.3 is 5.97 Å². The van der Waals surface area contributed by atoms with Crippen LogP contribution in [0.4, 0.5) is 0 Å². The molecule has 2 rings (SSSR count). The second-order valence-corrected chi connectivity index (χ2v) is 5.83. The molecule has 7 heteroatoms. The summed E-state index contributed by atoms with van der Waals surface area (Å²) < 4.78 is 26.9. The fraction of sp³-hybridized carbons (Fsp3) is 0.381. The molecule has 0 radical (unpaired) electrons. The Morgan fingerprint density at radius 3 is 1.89 bits per heavy atom. The summed E-state index contributed by atoms with van der Waals surface area (Å²) in [6.07, 6.45) is 0. The van der Waals surface area contributed by atoms with Crippen molar-refractivity contribution < 1.29 is 33.6 Å². The van der Waals surface area contributed by atoms with Gasteiger partial charge in [0.25, 0.3) is 0 Å². The molecule has 0 aliphatic carbocycles. The first-order chi connectivity index (χ1) is 13.7. The van der Waals surface area contributed by atoms with Gasteiger partial charge in [0.2, 0.25) is 0 Å². The fourth-order valence-electron chi connectivity index (χ4n) is 2.22. The maximum Gasteiger partial charge on any atom is 0.335 e. The maximum absolute atomic E-state index is 10.8.